The van der Waals surface area contributed by atoms with E-state index in [1.54, 1.807) is 0 Å². The monoisotopic (exact) mass is 374 g/mol. The predicted molar refractivity (Wildman–Crippen MR) is 99.2 cm³/mol. The lowest BCUT2D eigenvalue weighted by molar-refractivity contribution is -0.142. The van der Waals surface area contributed by atoms with E-state index in [1.165, 1.54) is 0 Å². The van der Waals surface area contributed by atoms with Crippen molar-refractivity contribution in [1.29, 1.82) is 0 Å². The van der Waals surface area contributed by atoms with Crippen LogP contribution in [0.25, 0.3) is 0 Å². The topological polar surface area (TPSA) is 186 Å². The van der Waals surface area contributed by atoms with Gasteiger partial charge in [0.15, 0.2) is 0 Å². The molecule has 10 nitrogen and oxygen atoms in total. The Labute approximate surface area is 154 Å². The van der Waals surface area contributed by atoms with Gasteiger partial charge in [-0.25, -0.2) is 4.79 Å². The Bertz CT molecular complexity index is 422. The maximum absolute atomic E-state index is 12.4. The Morgan fingerprint density at radius 1 is 0.885 bits per heavy atom. The molecule has 0 radical (unpaired) electrons. The maximum atomic E-state index is 12.4. The molecule has 0 aromatic rings. The van der Waals surface area contributed by atoms with E-state index in [1.807, 2.05) is 0 Å². The van der Waals surface area contributed by atoms with E-state index in [4.69, 9.17) is 17.2 Å². The number of aliphatic carboxylic acids is 1. The van der Waals surface area contributed by atoms with Gasteiger partial charge >= 0.3 is 5.97 Å². The number of nitrogens with one attached hydrogen (secondary N) is 3. The molecule has 0 aromatic heterocycles. The van der Waals surface area contributed by atoms with E-state index in [9.17, 15) is 19.5 Å². The second-order valence-electron chi connectivity index (χ2n) is 6.09. The molecule has 0 fully saturated rings. The van der Waals surface area contributed by atoms with Crippen LogP contribution in [0.3, 0.4) is 0 Å². The van der Waals surface area contributed by atoms with Gasteiger partial charge in [0.1, 0.15) is 6.04 Å². The zero-order valence-electron chi connectivity index (χ0n) is 15.3. The fourth-order valence-electron chi connectivity index (χ4n) is 2.30. The first kappa shape index (κ1) is 24.2. The normalized spacial score (nSPS) is 13.2. The molecular formula is C16H34N6O4. The third-order valence-electron chi connectivity index (χ3n) is 3.79. The molecule has 0 unspecified atom stereocenters. The number of rotatable bonds is 17. The van der Waals surface area contributed by atoms with Crippen molar-refractivity contribution < 1.29 is 19.5 Å². The van der Waals surface area contributed by atoms with Gasteiger partial charge in [-0.15, -0.1) is 0 Å². The zero-order chi connectivity index (χ0) is 19.8. The smallest absolute Gasteiger partial charge is 0.326 e. The van der Waals surface area contributed by atoms with Crippen LogP contribution in [0.2, 0.25) is 0 Å². The quantitative estimate of drug-likeness (QED) is 0.140. The van der Waals surface area contributed by atoms with Crippen LogP contribution in [0.15, 0.2) is 0 Å². The molecule has 26 heavy (non-hydrogen) atoms. The molecule has 0 aromatic carbocycles. The van der Waals surface area contributed by atoms with E-state index < -0.39 is 29.9 Å². The summed E-state index contributed by atoms with van der Waals surface area (Å²) in [4.78, 5) is 34.6. The van der Waals surface area contributed by atoms with Crippen molar-refractivity contribution in [3.05, 3.63) is 0 Å². The number of carboxylic acid groups (broad SMARTS) is 1. The van der Waals surface area contributed by atoms with Gasteiger partial charge in [0.2, 0.25) is 11.8 Å². The summed E-state index contributed by atoms with van der Waals surface area (Å²) in [5.74, 6) is -2.20. The van der Waals surface area contributed by atoms with Crippen LogP contribution in [0, 0.1) is 0 Å². The average molecular weight is 374 g/mol. The van der Waals surface area contributed by atoms with Crippen LogP contribution < -0.4 is 33.2 Å². The van der Waals surface area contributed by atoms with Gasteiger partial charge in [-0.05, 0) is 64.8 Å². The molecule has 0 spiro atoms. The minimum atomic E-state index is -1.19. The molecule has 0 saturated carbocycles. The minimum absolute atomic E-state index is 0.0351. The molecule has 2 atom stereocenters. The van der Waals surface area contributed by atoms with Crippen molar-refractivity contribution in [2.24, 2.45) is 17.2 Å². The summed E-state index contributed by atoms with van der Waals surface area (Å²) in [5, 5.41) is 18.0. The number of hydrogen-bond donors (Lipinski definition) is 7. The summed E-state index contributed by atoms with van der Waals surface area (Å²) >= 11 is 0. The summed E-state index contributed by atoms with van der Waals surface area (Å²) in [6.07, 6.45) is 2.76. The zero-order valence-corrected chi connectivity index (χ0v) is 15.3. The Morgan fingerprint density at radius 3 is 2.08 bits per heavy atom. The summed E-state index contributed by atoms with van der Waals surface area (Å²) in [5.41, 5.74) is 15.9. The van der Waals surface area contributed by atoms with E-state index in [0.29, 0.717) is 32.5 Å². The summed E-state index contributed by atoms with van der Waals surface area (Å²) in [6, 6.07) is -1.66. The van der Waals surface area contributed by atoms with Crippen molar-refractivity contribution in [2.75, 3.05) is 32.7 Å². The number of amides is 2. The molecule has 0 aliphatic rings. The molecular weight excluding hydrogens is 340 g/mol. The van der Waals surface area contributed by atoms with Crippen molar-refractivity contribution in [3.8, 4) is 0 Å². The first-order valence-corrected chi connectivity index (χ1v) is 9.08. The van der Waals surface area contributed by atoms with Gasteiger partial charge in [-0.1, -0.05) is 0 Å². The summed E-state index contributed by atoms with van der Waals surface area (Å²) in [6.45, 7) is 3.25. The largest absolute Gasteiger partial charge is 0.480 e. The van der Waals surface area contributed by atoms with Crippen LogP contribution in [0.4, 0.5) is 0 Å². The summed E-state index contributed by atoms with van der Waals surface area (Å²) in [7, 11) is 0. The Hall–Kier alpha value is -1.75. The van der Waals surface area contributed by atoms with Crippen molar-refractivity contribution in [1.82, 2.24) is 16.0 Å². The molecule has 0 rings (SSSR count). The first-order chi connectivity index (χ1) is 12.4. The van der Waals surface area contributed by atoms with Gasteiger partial charge in [-0.2, -0.15) is 0 Å². The van der Waals surface area contributed by atoms with Gasteiger partial charge < -0.3 is 38.3 Å². The Kier molecular flexibility index (Phi) is 14.5. The van der Waals surface area contributed by atoms with Crippen molar-refractivity contribution >= 4 is 17.8 Å². The standard InChI is InChI=1S/C16H34N6O4/c17-7-2-10-20-9-1-4-12(21-11-3-8-18)15(24)22-13(16(25)26)5-6-14(19)23/h12-13,20-21H,1-11,17-18H2,(H2,19,23)(H,22,24)(H,25,26)/t12-,13-/m0/s1. The Balaban J connectivity index is 4.53. The average Bonchev–Trinajstić information content (AvgIpc) is 2.59. The van der Waals surface area contributed by atoms with E-state index >= 15 is 0 Å². The molecule has 0 bridgehead atoms. The van der Waals surface area contributed by atoms with Crippen LogP contribution in [0.1, 0.15) is 38.5 Å². The van der Waals surface area contributed by atoms with E-state index in [2.05, 4.69) is 16.0 Å². The third kappa shape index (κ3) is 12.6. The van der Waals surface area contributed by atoms with Crippen molar-refractivity contribution in [3.63, 3.8) is 0 Å². The van der Waals surface area contributed by atoms with Gasteiger partial charge in [0, 0.05) is 6.42 Å². The molecule has 0 heterocycles. The Morgan fingerprint density at radius 2 is 1.50 bits per heavy atom. The highest BCUT2D eigenvalue weighted by atomic mass is 16.4. The number of nitrogens with two attached hydrogens (primary N) is 3. The van der Waals surface area contributed by atoms with Crippen LogP contribution >= 0.6 is 0 Å². The predicted octanol–water partition coefficient (Wildman–Crippen LogP) is -2.15. The van der Waals surface area contributed by atoms with E-state index in [-0.39, 0.29) is 12.8 Å². The molecule has 0 aliphatic heterocycles. The van der Waals surface area contributed by atoms with Gasteiger partial charge in [0.05, 0.1) is 6.04 Å². The lowest BCUT2D eigenvalue weighted by Crippen LogP contribution is -2.50. The summed E-state index contributed by atoms with van der Waals surface area (Å²) < 4.78 is 0. The molecule has 2 amide bonds. The fourth-order valence-corrected chi connectivity index (χ4v) is 2.30. The molecule has 0 aliphatic carbocycles. The first-order valence-electron chi connectivity index (χ1n) is 9.08. The highest BCUT2D eigenvalue weighted by molar-refractivity contribution is 5.87. The highest BCUT2D eigenvalue weighted by Crippen LogP contribution is 2.02. The number of carboxylic acids is 1. The molecule has 152 valence electrons. The molecule has 0 saturated heterocycles. The van der Waals surface area contributed by atoms with Crippen LogP contribution in [-0.2, 0) is 14.4 Å². The molecule has 10 N–H and O–H groups in total. The molecule has 10 heteroatoms. The van der Waals surface area contributed by atoms with Crippen LogP contribution in [-0.4, -0.2) is 67.7 Å². The van der Waals surface area contributed by atoms with Crippen molar-refractivity contribution in [2.45, 2.75) is 50.6 Å². The number of carbonyl (C=O) groups is 3. The van der Waals surface area contributed by atoms with Gasteiger partial charge in [0.25, 0.3) is 0 Å². The third-order valence-corrected chi connectivity index (χ3v) is 3.79. The minimum Gasteiger partial charge on any atom is -0.480 e. The van der Waals surface area contributed by atoms with Crippen LogP contribution in [0.5, 0.6) is 0 Å². The van der Waals surface area contributed by atoms with Gasteiger partial charge in [-0.3, -0.25) is 9.59 Å². The fraction of sp³-hybridized carbons (Fsp3) is 0.812. The number of primary amides is 1. The number of hydrogen-bond acceptors (Lipinski definition) is 7. The number of carbonyl (C=O) groups excluding carboxylic acids is 2. The lowest BCUT2D eigenvalue weighted by atomic mass is 10.1. The second-order valence-corrected chi connectivity index (χ2v) is 6.09. The maximum Gasteiger partial charge on any atom is 0.326 e. The second kappa shape index (κ2) is 15.5. The SMILES string of the molecule is NCCCNCCC[C@H](NCCCN)C(=O)N[C@@H](CCC(N)=O)C(=O)O. The lowest BCUT2D eigenvalue weighted by Gasteiger charge is -2.21. The van der Waals surface area contributed by atoms with E-state index in [0.717, 1.165) is 25.9 Å². The highest BCUT2D eigenvalue weighted by Gasteiger charge is 2.25.